The zero-order chi connectivity index (χ0) is 22.5. The van der Waals surface area contributed by atoms with Crippen LogP contribution in [0.1, 0.15) is 11.1 Å². The van der Waals surface area contributed by atoms with Crippen LogP contribution in [0.2, 0.25) is 5.02 Å². The zero-order valence-electron chi connectivity index (χ0n) is 16.5. The Morgan fingerprint density at radius 3 is 2.65 bits per heavy atom. The van der Waals surface area contributed by atoms with Crippen LogP contribution in [0.4, 0.5) is 4.79 Å². The number of ether oxygens (including phenoxy) is 2. The summed E-state index contributed by atoms with van der Waals surface area (Å²) < 4.78 is 12.1. The van der Waals surface area contributed by atoms with Gasteiger partial charge in [0.15, 0.2) is 11.5 Å². The number of carbonyl (C=O) groups is 3. The molecule has 0 radical (unpaired) electrons. The number of benzene rings is 2. The van der Waals surface area contributed by atoms with Crippen LogP contribution in [0, 0.1) is 3.57 Å². The summed E-state index contributed by atoms with van der Waals surface area (Å²) in [6.45, 7) is 3.76. The van der Waals surface area contributed by atoms with Crippen molar-refractivity contribution in [3.63, 3.8) is 0 Å². The van der Waals surface area contributed by atoms with Crippen molar-refractivity contribution in [1.82, 2.24) is 10.2 Å². The van der Waals surface area contributed by atoms with Crippen LogP contribution in [-0.2, 0) is 16.2 Å². The number of amides is 4. The molecule has 0 unspecified atom stereocenters. The highest BCUT2D eigenvalue weighted by atomic mass is 127. The molecule has 1 aliphatic rings. The van der Waals surface area contributed by atoms with Crippen LogP contribution in [0.25, 0.3) is 6.08 Å². The summed E-state index contributed by atoms with van der Waals surface area (Å²) >= 11 is 8.27. The van der Waals surface area contributed by atoms with Crippen LogP contribution in [-0.4, -0.2) is 36.4 Å². The van der Waals surface area contributed by atoms with Crippen molar-refractivity contribution in [2.45, 2.75) is 6.61 Å². The Bertz CT molecular complexity index is 1100. The number of halogens is 2. The van der Waals surface area contributed by atoms with Crippen molar-refractivity contribution in [3.8, 4) is 11.5 Å². The summed E-state index contributed by atoms with van der Waals surface area (Å²) in [5.74, 6) is -0.522. The van der Waals surface area contributed by atoms with Crippen molar-refractivity contribution >= 4 is 58.1 Å². The van der Waals surface area contributed by atoms with Gasteiger partial charge in [0.25, 0.3) is 11.8 Å². The number of urea groups is 1. The molecule has 0 saturated carbocycles. The molecule has 1 heterocycles. The number of hydrogen-bond acceptors (Lipinski definition) is 5. The minimum Gasteiger partial charge on any atom is -0.493 e. The lowest BCUT2D eigenvalue weighted by atomic mass is 10.1. The van der Waals surface area contributed by atoms with E-state index in [-0.39, 0.29) is 18.7 Å². The first kappa shape index (κ1) is 22.8. The third kappa shape index (κ3) is 5.08. The summed E-state index contributed by atoms with van der Waals surface area (Å²) in [6, 6.07) is 9.97. The van der Waals surface area contributed by atoms with Gasteiger partial charge >= 0.3 is 6.03 Å². The van der Waals surface area contributed by atoms with E-state index in [1.807, 2.05) is 18.2 Å². The summed E-state index contributed by atoms with van der Waals surface area (Å²) in [4.78, 5) is 37.6. The van der Waals surface area contributed by atoms with Gasteiger partial charge in [-0.2, -0.15) is 0 Å². The second-order valence-corrected chi connectivity index (χ2v) is 8.01. The molecule has 160 valence electrons. The van der Waals surface area contributed by atoms with Gasteiger partial charge in [-0.1, -0.05) is 35.9 Å². The number of nitrogens with zero attached hydrogens (tertiary/aromatic N) is 1. The van der Waals surface area contributed by atoms with E-state index in [0.717, 1.165) is 10.5 Å². The molecule has 0 spiro atoms. The van der Waals surface area contributed by atoms with Crippen molar-refractivity contribution in [2.75, 3.05) is 13.7 Å². The highest BCUT2D eigenvalue weighted by molar-refractivity contribution is 14.1. The van der Waals surface area contributed by atoms with Gasteiger partial charge < -0.3 is 9.47 Å². The number of hydrogen-bond donors (Lipinski definition) is 1. The summed E-state index contributed by atoms with van der Waals surface area (Å²) in [7, 11) is 1.49. The minimum absolute atomic E-state index is 0.00896. The molecule has 1 N–H and O–H groups in total. The molecule has 0 atom stereocenters. The van der Waals surface area contributed by atoms with E-state index in [1.54, 1.807) is 18.2 Å². The monoisotopic (exact) mass is 552 g/mol. The highest BCUT2D eigenvalue weighted by Gasteiger charge is 2.35. The maximum atomic E-state index is 12.6. The topological polar surface area (TPSA) is 84.9 Å². The SMILES string of the molecule is C=CCN1C(=O)NC(=O)C(=Cc2cc(I)c(OCc3ccccc3Cl)c(OC)c2)C1=O. The van der Waals surface area contributed by atoms with Gasteiger partial charge in [-0.05, 0) is 52.4 Å². The molecule has 4 amide bonds. The molecule has 7 nitrogen and oxygen atoms in total. The van der Waals surface area contributed by atoms with Crippen molar-refractivity contribution in [1.29, 1.82) is 0 Å². The fourth-order valence-corrected chi connectivity index (χ4v) is 3.86. The Balaban J connectivity index is 1.91. The molecule has 2 aromatic rings. The lowest BCUT2D eigenvalue weighted by Crippen LogP contribution is -2.54. The van der Waals surface area contributed by atoms with E-state index in [0.29, 0.717) is 25.7 Å². The third-order valence-electron chi connectivity index (χ3n) is 4.39. The van der Waals surface area contributed by atoms with Crippen LogP contribution in [0.5, 0.6) is 11.5 Å². The van der Waals surface area contributed by atoms with E-state index in [1.165, 1.54) is 19.3 Å². The largest absolute Gasteiger partial charge is 0.493 e. The lowest BCUT2D eigenvalue weighted by molar-refractivity contribution is -0.129. The first-order valence-electron chi connectivity index (χ1n) is 9.09. The number of barbiturate groups is 1. The highest BCUT2D eigenvalue weighted by Crippen LogP contribution is 2.35. The molecule has 9 heteroatoms. The maximum absolute atomic E-state index is 12.6. The van der Waals surface area contributed by atoms with E-state index in [2.05, 4.69) is 34.5 Å². The first-order valence-corrected chi connectivity index (χ1v) is 10.5. The number of nitrogens with one attached hydrogen (secondary N) is 1. The number of rotatable bonds is 7. The molecular weight excluding hydrogens is 535 g/mol. The summed E-state index contributed by atoms with van der Waals surface area (Å²) in [5, 5.41) is 2.75. The zero-order valence-corrected chi connectivity index (χ0v) is 19.4. The summed E-state index contributed by atoms with van der Waals surface area (Å²) in [5.41, 5.74) is 1.20. The first-order chi connectivity index (χ1) is 14.8. The Morgan fingerprint density at radius 2 is 1.97 bits per heavy atom. The fourth-order valence-electron chi connectivity index (χ4n) is 2.88. The standard InChI is InChI=1S/C22H18ClIN2O5/c1-3-8-26-21(28)15(20(27)25-22(26)29)9-13-10-17(24)19(18(11-13)30-2)31-12-14-6-4-5-7-16(14)23/h3-7,9-11H,1,8,12H2,2H3,(H,25,27,29). The molecule has 1 aliphatic heterocycles. The molecule has 1 fully saturated rings. The average molecular weight is 553 g/mol. The van der Waals surface area contributed by atoms with Gasteiger partial charge in [0.2, 0.25) is 0 Å². The van der Waals surface area contributed by atoms with E-state index < -0.39 is 17.8 Å². The Hall–Kier alpha value is -2.85. The van der Waals surface area contributed by atoms with Gasteiger partial charge in [0, 0.05) is 17.1 Å². The molecule has 1 saturated heterocycles. The molecule has 0 aliphatic carbocycles. The lowest BCUT2D eigenvalue weighted by Gasteiger charge is -2.25. The Labute approximate surface area is 197 Å². The van der Waals surface area contributed by atoms with Crippen LogP contribution < -0.4 is 14.8 Å². The predicted octanol–water partition coefficient (Wildman–Crippen LogP) is 4.18. The summed E-state index contributed by atoms with van der Waals surface area (Å²) in [6.07, 6.45) is 2.81. The average Bonchev–Trinajstić information content (AvgIpc) is 2.74. The molecule has 0 aromatic heterocycles. The van der Waals surface area contributed by atoms with E-state index in [4.69, 9.17) is 21.1 Å². The van der Waals surface area contributed by atoms with Crippen LogP contribution in [0.3, 0.4) is 0 Å². The number of methoxy groups -OCH3 is 1. The Kier molecular flexibility index (Phi) is 7.34. The third-order valence-corrected chi connectivity index (χ3v) is 5.56. The second-order valence-electron chi connectivity index (χ2n) is 6.44. The normalized spacial score (nSPS) is 15.1. The van der Waals surface area contributed by atoms with Gasteiger partial charge in [-0.25, -0.2) is 4.79 Å². The van der Waals surface area contributed by atoms with E-state index >= 15 is 0 Å². The van der Waals surface area contributed by atoms with Gasteiger partial charge in [0.1, 0.15) is 12.2 Å². The smallest absolute Gasteiger partial charge is 0.331 e. The quantitative estimate of drug-likeness (QED) is 0.241. The molecule has 31 heavy (non-hydrogen) atoms. The minimum atomic E-state index is -0.775. The van der Waals surface area contributed by atoms with Gasteiger partial charge in [0.05, 0.1) is 10.7 Å². The van der Waals surface area contributed by atoms with Crippen LogP contribution >= 0.6 is 34.2 Å². The second kappa shape index (κ2) is 9.97. The number of imide groups is 2. The molecular formula is C22H18ClIN2O5. The van der Waals surface area contributed by atoms with Gasteiger partial charge in [-0.15, -0.1) is 6.58 Å². The molecule has 2 aromatic carbocycles. The van der Waals surface area contributed by atoms with Crippen molar-refractivity contribution < 1.29 is 23.9 Å². The fraction of sp³-hybridized carbons (Fsp3) is 0.136. The van der Waals surface area contributed by atoms with Crippen molar-refractivity contribution in [3.05, 3.63) is 74.3 Å². The van der Waals surface area contributed by atoms with Crippen molar-refractivity contribution in [2.24, 2.45) is 0 Å². The maximum Gasteiger partial charge on any atom is 0.331 e. The predicted molar refractivity (Wildman–Crippen MR) is 125 cm³/mol. The van der Waals surface area contributed by atoms with Crippen LogP contribution in [0.15, 0.2) is 54.6 Å². The molecule has 0 bridgehead atoms. The molecule has 3 rings (SSSR count). The Morgan fingerprint density at radius 1 is 1.23 bits per heavy atom. The number of carbonyl (C=O) groups excluding carboxylic acids is 3. The van der Waals surface area contributed by atoms with E-state index in [9.17, 15) is 14.4 Å². The van der Waals surface area contributed by atoms with Gasteiger partial charge in [-0.3, -0.25) is 19.8 Å².